The summed E-state index contributed by atoms with van der Waals surface area (Å²) in [5.41, 5.74) is 0. The van der Waals surface area contributed by atoms with Crippen molar-refractivity contribution in [3.8, 4) is 0 Å². The summed E-state index contributed by atoms with van der Waals surface area (Å²) < 4.78 is 31.0. The minimum absolute atomic E-state index is 0.0263. The molecule has 2 fully saturated rings. The van der Waals surface area contributed by atoms with Crippen LogP contribution in [0.4, 0.5) is 0 Å². The lowest BCUT2D eigenvalue weighted by atomic mass is 9.97. The van der Waals surface area contributed by atoms with Gasteiger partial charge in [0.1, 0.15) is 6.04 Å². The largest absolute Gasteiger partial charge is 0.454 e. The molecule has 0 aromatic rings. The number of esters is 1. The van der Waals surface area contributed by atoms with E-state index in [9.17, 15) is 18.0 Å². The minimum Gasteiger partial charge on any atom is -0.454 e. The number of nitrogens with zero attached hydrogens (tertiary/aromatic N) is 2. The highest BCUT2D eigenvalue weighted by Crippen LogP contribution is 2.24. The van der Waals surface area contributed by atoms with Crippen LogP contribution < -0.4 is 0 Å². The van der Waals surface area contributed by atoms with Gasteiger partial charge in [-0.05, 0) is 52.4 Å². The first-order valence-corrected chi connectivity index (χ1v) is 10.9. The third-order valence-electron chi connectivity index (χ3n) is 5.11. The van der Waals surface area contributed by atoms with E-state index in [0.717, 1.165) is 19.3 Å². The topological polar surface area (TPSA) is 84.0 Å². The van der Waals surface area contributed by atoms with Gasteiger partial charge in [-0.25, -0.2) is 8.42 Å². The maximum atomic E-state index is 12.4. The van der Waals surface area contributed by atoms with Gasteiger partial charge in [-0.3, -0.25) is 9.59 Å². The summed E-state index contributed by atoms with van der Waals surface area (Å²) in [4.78, 5) is 26.6. The number of carbonyl (C=O) groups excluding carboxylic acids is 2. The third-order valence-corrected chi connectivity index (χ3v) is 7.19. The summed E-state index contributed by atoms with van der Waals surface area (Å²) in [5, 5.41) is 0. The first-order valence-electron chi connectivity index (χ1n) is 9.25. The molecule has 3 unspecified atom stereocenters. The standard InChI is InChI=1S/C17H30N2O5S/c1-4-11-25(22,23)18-10-6-9-15(18)17(21)24-12-16(20)19-13(2)7-5-8-14(19)3/h13-15H,4-12H2,1-3H3. The summed E-state index contributed by atoms with van der Waals surface area (Å²) >= 11 is 0. The van der Waals surface area contributed by atoms with Gasteiger partial charge in [0, 0.05) is 18.6 Å². The van der Waals surface area contributed by atoms with Crippen LogP contribution in [0.3, 0.4) is 0 Å². The Morgan fingerprint density at radius 1 is 1.08 bits per heavy atom. The lowest BCUT2D eigenvalue weighted by Gasteiger charge is -2.39. The van der Waals surface area contributed by atoms with E-state index >= 15 is 0 Å². The highest BCUT2D eigenvalue weighted by Gasteiger charge is 2.39. The zero-order valence-corrected chi connectivity index (χ0v) is 16.3. The maximum Gasteiger partial charge on any atom is 0.324 e. The van der Waals surface area contributed by atoms with Gasteiger partial charge in [-0.15, -0.1) is 0 Å². The monoisotopic (exact) mass is 374 g/mol. The molecule has 144 valence electrons. The van der Waals surface area contributed by atoms with E-state index in [1.807, 2.05) is 13.8 Å². The van der Waals surface area contributed by atoms with Crippen molar-refractivity contribution in [3.63, 3.8) is 0 Å². The van der Waals surface area contributed by atoms with Gasteiger partial charge < -0.3 is 9.64 Å². The molecular weight excluding hydrogens is 344 g/mol. The van der Waals surface area contributed by atoms with E-state index in [1.165, 1.54) is 4.31 Å². The van der Waals surface area contributed by atoms with Crippen molar-refractivity contribution in [2.45, 2.75) is 77.4 Å². The molecule has 0 aromatic heterocycles. The van der Waals surface area contributed by atoms with Gasteiger partial charge in [-0.2, -0.15) is 4.31 Å². The number of ether oxygens (including phenoxy) is 1. The quantitative estimate of drug-likeness (QED) is 0.658. The molecule has 0 aliphatic carbocycles. The van der Waals surface area contributed by atoms with Crippen molar-refractivity contribution in [1.82, 2.24) is 9.21 Å². The number of hydrogen-bond donors (Lipinski definition) is 0. The van der Waals surface area contributed by atoms with Gasteiger partial charge in [0.2, 0.25) is 10.0 Å². The van der Waals surface area contributed by atoms with Gasteiger partial charge in [0.05, 0.1) is 5.75 Å². The molecule has 0 spiro atoms. The Bertz CT molecular complexity index is 582. The molecule has 0 bridgehead atoms. The Labute approximate surface area is 150 Å². The van der Waals surface area contributed by atoms with Crippen LogP contribution in [0.5, 0.6) is 0 Å². The number of rotatable bonds is 6. The van der Waals surface area contributed by atoms with Gasteiger partial charge in [-0.1, -0.05) is 6.92 Å². The molecule has 1 amide bonds. The van der Waals surface area contributed by atoms with Gasteiger partial charge >= 0.3 is 5.97 Å². The Hall–Kier alpha value is -1.15. The van der Waals surface area contributed by atoms with Crippen LogP contribution in [0, 0.1) is 0 Å². The van der Waals surface area contributed by atoms with Crippen molar-refractivity contribution >= 4 is 21.9 Å². The zero-order valence-electron chi connectivity index (χ0n) is 15.4. The van der Waals surface area contributed by atoms with Crippen LogP contribution in [0.15, 0.2) is 0 Å². The highest BCUT2D eigenvalue weighted by molar-refractivity contribution is 7.89. The molecule has 0 saturated carbocycles. The second-order valence-electron chi connectivity index (χ2n) is 7.12. The number of carbonyl (C=O) groups is 2. The number of sulfonamides is 1. The molecule has 0 radical (unpaired) electrons. The van der Waals surface area contributed by atoms with Crippen LogP contribution in [-0.4, -0.2) is 66.5 Å². The first-order chi connectivity index (χ1) is 11.8. The lowest BCUT2D eigenvalue weighted by molar-refractivity contribution is -0.157. The van der Waals surface area contributed by atoms with E-state index in [0.29, 0.717) is 25.8 Å². The number of amides is 1. The van der Waals surface area contributed by atoms with Crippen molar-refractivity contribution in [3.05, 3.63) is 0 Å². The van der Waals surface area contributed by atoms with E-state index in [4.69, 9.17) is 4.74 Å². The predicted molar refractivity (Wildman–Crippen MR) is 94.4 cm³/mol. The Morgan fingerprint density at radius 3 is 2.32 bits per heavy atom. The van der Waals surface area contributed by atoms with Gasteiger partial charge in [0.15, 0.2) is 6.61 Å². The van der Waals surface area contributed by atoms with Crippen molar-refractivity contribution in [1.29, 1.82) is 0 Å². The van der Waals surface area contributed by atoms with Gasteiger partial charge in [0.25, 0.3) is 5.91 Å². The minimum atomic E-state index is -3.44. The maximum absolute atomic E-state index is 12.4. The smallest absolute Gasteiger partial charge is 0.324 e. The van der Waals surface area contributed by atoms with Crippen molar-refractivity contribution in [2.75, 3.05) is 18.9 Å². The molecule has 0 N–H and O–H groups in total. The second-order valence-corrected chi connectivity index (χ2v) is 9.16. The van der Waals surface area contributed by atoms with Crippen molar-refractivity contribution < 1.29 is 22.7 Å². The van der Waals surface area contributed by atoms with Crippen LogP contribution in [-0.2, 0) is 24.3 Å². The van der Waals surface area contributed by atoms with Crippen LogP contribution >= 0.6 is 0 Å². The molecule has 3 atom stereocenters. The number of piperidine rings is 1. The fraction of sp³-hybridized carbons (Fsp3) is 0.882. The van der Waals surface area contributed by atoms with Crippen molar-refractivity contribution in [2.24, 2.45) is 0 Å². The second kappa shape index (κ2) is 8.49. The molecule has 2 aliphatic heterocycles. The highest BCUT2D eigenvalue weighted by atomic mass is 32.2. The molecule has 2 rings (SSSR count). The fourth-order valence-corrected chi connectivity index (χ4v) is 5.64. The van der Waals surface area contributed by atoms with Crippen LogP contribution in [0.1, 0.15) is 59.3 Å². The average Bonchev–Trinajstić information content (AvgIpc) is 3.03. The predicted octanol–water partition coefficient (Wildman–Crippen LogP) is 1.52. The summed E-state index contributed by atoms with van der Waals surface area (Å²) in [6.07, 6.45) is 4.59. The van der Waals surface area contributed by atoms with E-state index < -0.39 is 22.0 Å². The molecule has 25 heavy (non-hydrogen) atoms. The first kappa shape index (κ1) is 20.2. The van der Waals surface area contributed by atoms with Crippen LogP contribution in [0.2, 0.25) is 0 Å². The fourth-order valence-electron chi connectivity index (χ4n) is 3.90. The number of hydrogen-bond acceptors (Lipinski definition) is 5. The third kappa shape index (κ3) is 4.73. The lowest BCUT2D eigenvalue weighted by Crippen LogP contribution is -2.49. The summed E-state index contributed by atoms with van der Waals surface area (Å²) in [6, 6.07) is -0.508. The SMILES string of the molecule is CCCS(=O)(=O)N1CCCC1C(=O)OCC(=O)N1C(C)CCCC1C. The summed E-state index contributed by atoms with van der Waals surface area (Å²) in [5.74, 6) is -0.782. The molecular formula is C17H30N2O5S. The average molecular weight is 375 g/mol. The molecule has 7 nitrogen and oxygen atoms in total. The molecule has 2 heterocycles. The summed E-state index contributed by atoms with van der Waals surface area (Å²) in [7, 11) is -3.44. The molecule has 0 aromatic carbocycles. The van der Waals surface area contributed by atoms with E-state index in [1.54, 1.807) is 11.8 Å². The molecule has 2 saturated heterocycles. The molecule has 8 heteroatoms. The Kier molecular flexibility index (Phi) is 6.85. The molecule has 2 aliphatic rings. The van der Waals surface area contributed by atoms with Crippen LogP contribution in [0.25, 0.3) is 0 Å². The number of likely N-dealkylation sites (tertiary alicyclic amines) is 1. The normalized spacial score (nSPS) is 28.1. The Morgan fingerprint density at radius 2 is 1.72 bits per heavy atom. The van der Waals surface area contributed by atoms with E-state index in [-0.39, 0.29) is 30.4 Å². The Balaban J connectivity index is 1.94. The summed E-state index contributed by atoms with van der Waals surface area (Å²) in [6.45, 7) is 5.83. The zero-order chi connectivity index (χ0) is 18.6. The van der Waals surface area contributed by atoms with E-state index in [2.05, 4.69) is 0 Å².